The molecule has 0 aliphatic rings. The average molecular weight is 1040 g/mol. The third-order valence-corrected chi connectivity index (χ3v) is 17.9. The van der Waals surface area contributed by atoms with E-state index in [4.69, 9.17) is 21.9 Å². The van der Waals surface area contributed by atoms with Crippen molar-refractivity contribution in [1.82, 2.24) is 0 Å². The number of anilines is 6. The molecule has 0 fully saturated rings. The van der Waals surface area contributed by atoms with Crippen molar-refractivity contribution in [3.63, 3.8) is 0 Å². The molecule has 0 aromatic heterocycles. The van der Waals surface area contributed by atoms with Gasteiger partial charge in [0.15, 0.2) is 0 Å². The molecule has 12 aromatic rings. The van der Waals surface area contributed by atoms with Crippen LogP contribution in [0, 0.1) is 11.6 Å². The molecule has 0 aliphatic heterocycles. The molecule has 0 N–H and O–H groups in total. The Labute approximate surface area is 475 Å². The van der Waals surface area contributed by atoms with Crippen molar-refractivity contribution in [3.05, 3.63) is 254 Å². The van der Waals surface area contributed by atoms with E-state index < -0.39 is 171 Å². The van der Waals surface area contributed by atoms with Crippen molar-refractivity contribution in [1.29, 1.82) is 0 Å². The zero-order valence-corrected chi connectivity index (χ0v) is 44.2. The molecule has 0 bridgehead atoms. The summed E-state index contributed by atoms with van der Waals surface area (Å²) in [6.07, 6.45) is 0. The average Bonchev–Trinajstić information content (AvgIpc) is 0.718. The molecule has 0 atom stereocenters. The molecule has 0 amide bonds. The molecule has 0 radical (unpaired) electrons. The summed E-state index contributed by atoms with van der Waals surface area (Å²) in [7, 11) is -4.09. The number of benzene rings is 12. The number of rotatable bonds is 12. The van der Waals surface area contributed by atoms with Gasteiger partial charge in [-0.05, 0) is 116 Å². The van der Waals surface area contributed by atoms with Crippen LogP contribution in [0.2, 0.25) is 39.3 Å². The SMILES string of the molecule is [2H]c1c([2H])c([2H])c(-c2cc(F)c(N(c3ccc([Si](C)(C)C)cc3)c3ccc4ccc5c(N(c6ccc([Si](C)(C)C)cc6)c6c(F)cc(-c7c([2H])c([2H])c([2H])c([2H])c7[2H])cc6-c6c([2H])c([2H])c([2H])c([2H])c6[2H])ccc6ccc3c4c65)c(-c3c([2H])c([2H])c([2H])c([2H])c3[2H])c2)c([2H])c1[2H]. The Kier molecular flexibility index (Phi) is 7.85. The second-order valence-corrected chi connectivity index (χ2v) is 30.7. The Morgan fingerprint density at radius 1 is 0.342 bits per heavy atom. The lowest BCUT2D eigenvalue weighted by Gasteiger charge is -2.32. The first-order valence-electron chi connectivity index (χ1n) is 34.6. The molecule has 2 nitrogen and oxygen atoms in total. The number of hydrogen-bond donors (Lipinski definition) is 0. The molecule has 0 unspecified atom stereocenters. The Morgan fingerprint density at radius 3 is 0.987 bits per heavy atom. The minimum Gasteiger partial charge on any atom is -0.307 e. The topological polar surface area (TPSA) is 6.48 Å². The zero-order valence-electron chi connectivity index (χ0n) is 62.2. The van der Waals surface area contributed by atoms with Crippen LogP contribution in [0.4, 0.5) is 42.9 Å². The highest BCUT2D eigenvalue weighted by Crippen LogP contribution is 2.52. The molecule has 370 valence electrons. The summed E-state index contributed by atoms with van der Waals surface area (Å²) in [5.74, 6) is -2.15. The van der Waals surface area contributed by atoms with E-state index >= 15 is 8.78 Å². The fraction of sp³-hybridized carbons (Fsp3) is 0.0857. The van der Waals surface area contributed by atoms with Crippen molar-refractivity contribution in [3.8, 4) is 44.5 Å². The Morgan fingerprint density at radius 2 is 0.658 bits per heavy atom. The van der Waals surface area contributed by atoms with Gasteiger partial charge in [0.1, 0.15) is 11.6 Å². The van der Waals surface area contributed by atoms with Gasteiger partial charge in [0.2, 0.25) is 0 Å². The lowest BCUT2D eigenvalue weighted by atomic mass is 9.90. The molecule has 76 heavy (non-hydrogen) atoms. The molecular weight excluding hydrogens is 963 g/mol. The van der Waals surface area contributed by atoms with E-state index in [0.29, 0.717) is 55.1 Å². The van der Waals surface area contributed by atoms with E-state index in [1.165, 1.54) is 12.1 Å². The quantitative estimate of drug-likeness (QED) is 0.0889. The predicted octanol–water partition coefficient (Wildman–Crippen LogP) is 19.6. The largest absolute Gasteiger partial charge is 0.307 e. The number of nitrogens with zero attached hydrogens (tertiary/aromatic N) is 2. The lowest BCUT2D eigenvalue weighted by molar-refractivity contribution is 0.629. The predicted molar refractivity (Wildman–Crippen MR) is 327 cm³/mol. The van der Waals surface area contributed by atoms with Crippen LogP contribution in [-0.4, -0.2) is 16.1 Å². The van der Waals surface area contributed by atoms with Gasteiger partial charge in [0.25, 0.3) is 0 Å². The van der Waals surface area contributed by atoms with E-state index in [1.807, 2.05) is 48.5 Å². The molecule has 0 spiro atoms. The van der Waals surface area contributed by atoms with Crippen LogP contribution in [0.15, 0.2) is 242 Å². The van der Waals surface area contributed by atoms with E-state index in [2.05, 4.69) is 39.3 Å². The van der Waals surface area contributed by atoms with E-state index in [9.17, 15) is 5.48 Å². The van der Waals surface area contributed by atoms with E-state index in [0.717, 1.165) is 22.5 Å². The highest BCUT2D eigenvalue weighted by atomic mass is 28.3. The first kappa shape index (κ1) is 30.8. The minimum atomic E-state index is -2.04. The highest BCUT2D eigenvalue weighted by molar-refractivity contribution is 6.89. The van der Waals surface area contributed by atoms with E-state index in [-0.39, 0.29) is 33.6 Å². The van der Waals surface area contributed by atoms with Crippen molar-refractivity contribution >= 4 is 93.0 Å². The molecule has 6 heteroatoms. The highest BCUT2D eigenvalue weighted by Gasteiger charge is 2.29. The molecule has 12 rings (SSSR count). The van der Waals surface area contributed by atoms with Gasteiger partial charge in [-0.2, -0.15) is 0 Å². The second-order valence-electron chi connectivity index (χ2n) is 20.6. The standard InChI is InChI=1S/C70H58F2N2Si2/c1-75(2,3)57-35-31-55(32-36-57)73(69-61(49-23-15-9-16-24-49)43-53(45-63(69)71)47-19-11-7-12-20-47)65-41-29-51-28-40-60-66(42-30-52-27-39-59(65)67(51)68(52)60)74(56-33-37-58(38-34-56)76(4,5)6)70-62(50-25-17-10-18-26-50)44-54(46-64(70)72)48-21-13-8-14-22-48/h7-46H,1-6H3/i7D,8D,9D,10D,11D,12D,13D,14D,15D,16D,17D,18D,19D,20D,21D,22D,23D,24D,25D,26D. The van der Waals surface area contributed by atoms with Crippen LogP contribution in [0.5, 0.6) is 0 Å². The molecule has 0 heterocycles. The Hall–Kier alpha value is -8.43. The van der Waals surface area contributed by atoms with Crippen LogP contribution in [-0.2, 0) is 0 Å². The summed E-state index contributed by atoms with van der Waals surface area (Å²) in [5.41, 5.74) is -2.20. The summed E-state index contributed by atoms with van der Waals surface area (Å²) < 4.78 is 214. The van der Waals surface area contributed by atoms with Crippen molar-refractivity contribution < 1.29 is 36.2 Å². The van der Waals surface area contributed by atoms with E-state index in [1.54, 1.807) is 58.3 Å². The Balaban J connectivity index is 1.20. The molecule has 0 saturated carbocycles. The summed E-state index contributed by atoms with van der Waals surface area (Å²) in [5, 5.41) is 5.44. The van der Waals surface area contributed by atoms with Gasteiger partial charge in [-0.25, -0.2) is 8.78 Å². The van der Waals surface area contributed by atoms with Gasteiger partial charge in [-0.15, -0.1) is 0 Å². The summed E-state index contributed by atoms with van der Waals surface area (Å²) in [4.78, 5) is 3.12. The maximum absolute atomic E-state index is 18.7. The fourth-order valence-corrected chi connectivity index (χ4v) is 12.4. The maximum atomic E-state index is 18.7. The summed E-state index contributed by atoms with van der Waals surface area (Å²) in [6, 6.07) is 19.4. The zero-order chi connectivity index (χ0) is 69.7. The third kappa shape index (κ3) is 8.87. The molecule has 0 aliphatic carbocycles. The van der Waals surface area contributed by atoms with Crippen LogP contribution >= 0.6 is 0 Å². The number of hydrogen-bond acceptors (Lipinski definition) is 2. The molecule has 0 saturated heterocycles. The van der Waals surface area contributed by atoms with Gasteiger partial charge in [0, 0.05) is 33.3 Å². The summed E-state index contributed by atoms with van der Waals surface area (Å²) >= 11 is 0. The van der Waals surface area contributed by atoms with Crippen LogP contribution < -0.4 is 20.2 Å². The van der Waals surface area contributed by atoms with Crippen molar-refractivity contribution in [2.24, 2.45) is 0 Å². The normalized spacial score (nSPS) is 15.6. The second kappa shape index (κ2) is 19.4. The van der Waals surface area contributed by atoms with Crippen molar-refractivity contribution in [2.75, 3.05) is 9.80 Å². The first-order chi connectivity index (χ1) is 45.1. The smallest absolute Gasteiger partial charge is 0.148 e. The monoisotopic (exact) mass is 1040 g/mol. The van der Waals surface area contributed by atoms with Gasteiger partial charge in [0.05, 0.1) is 66.3 Å². The van der Waals surface area contributed by atoms with Gasteiger partial charge < -0.3 is 9.80 Å². The molecular formula is C70H58F2N2Si2. The number of halogens is 2. The van der Waals surface area contributed by atoms with Crippen LogP contribution in [0.25, 0.3) is 76.8 Å². The minimum absolute atomic E-state index is 0.249. The maximum Gasteiger partial charge on any atom is 0.148 e. The first-order valence-corrected chi connectivity index (χ1v) is 31.6. The van der Waals surface area contributed by atoms with Crippen molar-refractivity contribution in [2.45, 2.75) is 39.3 Å². The van der Waals surface area contributed by atoms with Gasteiger partial charge in [-0.1, -0.05) is 231 Å². The third-order valence-electron chi connectivity index (χ3n) is 13.8. The summed E-state index contributed by atoms with van der Waals surface area (Å²) in [6.45, 7) is 12.9. The Bertz CT molecular complexity index is 4870. The van der Waals surface area contributed by atoms with Crippen LogP contribution in [0.1, 0.15) is 27.4 Å². The lowest BCUT2D eigenvalue weighted by Crippen LogP contribution is -2.37. The van der Waals surface area contributed by atoms with Gasteiger partial charge >= 0.3 is 0 Å². The molecule has 12 aromatic carbocycles. The van der Waals surface area contributed by atoms with Crippen LogP contribution in [0.3, 0.4) is 0 Å². The van der Waals surface area contributed by atoms with Gasteiger partial charge in [-0.3, -0.25) is 0 Å². The fourth-order valence-electron chi connectivity index (χ4n) is 10.0.